The number of carbonyl (C=O) groups excluding carboxylic acids is 2. The first-order valence-electron chi connectivity index (χ1n) is 9.47. The van der Waals surface area contributed by atoms with E-state index in [0.717, 1.165) is 10.9 Å². The SMILES string of the molecule is CN(C)Cc1c(C(=O)NCCOc2ccc([C]=O)c(C(=S)NO)c2)oc2ccccc12. The van der Waals surface area contributed by atoms with Crippen LogP contribution in [-0.4, -0.2) is 54.5 Å². The summed E-state index contributed by atoms with van der Waals surface area (Å²) in [5, 5.41) is 12.7. The van der Waals surface area contributed by atoms with E-state index in [1.807, 2.05) is 48.7 Å². The number of carbonyl (C=O) groups is 1. The zero-order chi connectivity index (χ0) is 22.4. The summed E-state index contributed by atoms with van der Waals surface area (Å²) in [6.45, 7) is 0.979. The van der Waals surface area contributed by atoms with Crippen molar-refractivity contribution in [3.63, 3.8) is 0 Å². The number of amides is 1. The van der Waals surface area contributed by atoms with Gasteiger partial charge in [-0.15, -0.1) is 0 Å². The number of hydrogen-bond acceptors (Lipinski definition) is 7. The van der Waals surface area contributed by atoms with Gasteiger partial charge in [0.2, 0.25) is 6.29 Å². The van der Waals surface area contributed by atoms with Crippen molar-refractivity contribution in [2.75, 3.05) is 27.2 Å². The second-order valence-electron chi connectivity index (χ2n) is 7.00. The van der Waals surface area contributed by atoms with Gasteiger partial charge >= 0.3 is 0 Å². The lowest BCUT2D eigenvalue weighted by Crippen LogP contribution is -2.29. The number of rotatable bonds is 9. The lowest BCUT2D eigenvalue weighted by molar-refractivity contribution is 0.0919. The van der Waals surface area contributed by atoms with Gasteiger partial charge in [0, 0.05) is 28.6 Å². The van der Waals surface area contributed by atoms with E-state index in [-0.39, 0.29) is 35.4 Å². The molecule has 0 bridgehead atoms. The quantitative estimate of drug-likeness (QED) is 0.265. The fourth-order valence-corrected chi connectivity index (χ4v) is 3.29. The largest absolute Gasteiger partial charge is 0.492 e. The van der Waals surface area contributed by atoms with Crippen molar-refractivity contribution >= 4 is 40.4 Å². The molecule has 161 valence electrons. The van der Waals surface area contributed by atoms with Gasteiger partial charge in [0.1, 0.15) is 22.9 Å². The molecule has 0 atom stereocenters. The van der Waals surface area contributed by atoms with E-state index in [1.54, 1.807) is 12.4 Å². The Balaban J connectivity index is 1.65. The fourth-order valence-electron chi connectivity index (χ4n) is 3.12. The number of hydroxylamine groups is 1. The second-order valence-corrected chi connectivity index (χ2v) is 7.41. The number of nitrogens with zero attached hydrogens (tertiary/aromatic N) is 1. The van der Waals surface area contributed by atoms with Gasteiger partial charge in [0.25, 0.3) is 5.91 Å². The van der Waals surface area contributed by atoms with Crippen molar-refractivity contribution in [1.82, 2.24) is 15.7 Å². The number of hydrogen-bond donors (Lipinski definition) is 3. The van der Waals surface area contributed by atoms with E-state index in [1.165, 1.54) is 12.1 Å². The van der Waals surface area contributed by atoms with E-state index in [2.05, 4.69) is 5.32 Å². The van der Waals surface area contributed by atoms with Crippen LogP contribution in [0.3, 0.4) is 0 Å². The monoisotopic (exact) mass is 440 g/mol. The van der Waals surface area contributed by atoms with Gasteiger partial charge in [-0.05, 0) is 38.4 Å². The van der Waals surface area contributed by atoms with Crippen molar-refractivity contribution in [2.24, 2.45) is 0 Å². The number of benzene rings is 2. The zero-order valence-electron chi connectivity index (χ0n) is 17.1. The molecular formula is C22H22N3O5S. The van der Waals surface area contributed by atoms with Crippen LogP contribution in [0.5, 0.6) is 5.75 Å². The third-order valence-corrected chi connectivity index (χ3v) is 4.79. The molecule has 0 saturated carbocycles. The highest BCUT2D eigenvalue weighted by molar-refractivity contribution is 7.80. The van der Waals surface area contributed by atoms with Gasteiger partial charge in [0.15, 0.2) is 5.76 Å². The van der Waals surface area contributed by atoms with Crippen molar-refractivity contribution in [1.29, 1.82) is 0 Å². The second kappa shape index (κ2) is 10.2. The molecule has 1 radical (unpaired) electrons. The fraction of sp³-hybridized carbons (Fsp3) is 0.227. The van der Waals surface area contributed by atoms with Crippen LogP contribution in [0.4, 0.5) is 0 Å². The zero-order valence-corrected chi connectivity index (χ0v) is 17.9. The summed E-state index contributed by atoms with van der Waals surface area (Å²) in [7, 11) is 3.86. The summed E-state index contributed by atoms with van der Waals surface area (Å²) in [5.41, 5.74) is 3.82. The minimum Gasteiger partial charge on any atom is -0.492 e. The summed E-state index contributed by atoms with van der Waals surface area (Å²) in [6.07, 6.45) is 1.75. The molecule has 0 fully saturated rings. The smallest absolute Gasteiger partial charge is 0.287 e. The van der Waals surface area contributed by atoms with Crippen molar-refractivity contribution < 1.29 is 24.0 Å². The Labute approximate surface area is 184 Å². The molecule has 3 N–H and O–H groups in total. The summed E-state index contributed by atoms with van der Waals surface area (Å²) in [6, 6.07) is 12.1. The molecule has 3 rings (SSSR count). The molecule has 0 aliphatic heterocycles. The van der Waals surface area contributed by atoms with Crippen LogP contribution in [0.2, 0.25) is 0 Å². The number of ether oxygens (including phenoxy) is 1. The van der Waals surface area contributed by atoms with Gasteiger partial charge in [-0.1, -0.05) is 30.4 Å². The Morgan fingerprint density at radius 2 is 2.03 bits per heavy atom. The average Bonchev–Trinajstić information content (AvgIpc) is 3.13. The molecule has 1 aromatic heterocycles. The van der Waals surface area contributed by atoms with Gasteiger partial charge in [-0.2, -0.15) is 0 Å². The topological polar surface area (TPSA) is 104 Å². The van der Waals surface area contributed by atoms with E-state index in [0.29, 0.717) is 23.4 Å². The average molecular weight is 441 g/mol. The molecule has 1 heterocycles. The lowest BCUT2D eigenvalue weighted by Gasteiger charge is -2.12. The number of fused-ring (bicyclic) bond motifs is 1. The third-order valence-electron chi connectivity index (χ3n) is 4.48. The lowest BCUT2D eigenvalue weighted by atomic mass is 10.1. The molecule has 0 aliphatic rings. The van der Waals surface area contributed by atoms with Crippen LogP contribution in [0.25, 0.3) is 11.0 Å². The molecule has 3 aromatic rings. The predicted molar refractivity (Wildman–Crippen MR) is 119 cm³/mol. The Bertz CT molecular complexity index is 1110. The number of para-hydroxylation sites is 1. The summed E-state index contributed by atoms with van der Waals surface area (Å²) in [5.74, 6) is 0.384. The highest BCUT2D eigenvalue weighted by Gasteiger charge is 2.20. The van der Waals surface area contributed by atoms with Gasteiger partial charge in [0.05, 0.1) is 6.54 Å². The molecule has 0 spiro atoms. The maximum Gasteiger partial charge on any atom is 0.287 e. The molecule has 31 heavy (non-hydrogen) atoms. The molecular weight excluding hydrogens is 418 g/mol. The Hall–Kier alpha value is -3.27. The summed E-state index contributed by atoms with van der Waals surface area (Å²) >= 11 is 4.96. The van der Waals surface area contributed by atoms with Crippen molar-refractivity contribution in [3.05, 3.63) is 64.9 Å². The van der Waals surface area contributed by atoms with Crippen LogP contribution in [0.1, 0.15) is 27.2 Å². The van der Waals surface area contributed by atoms with Gasteiger partial charge in [-0.3, -0.25) is 20.3 Å². The molecule has 0 saturated heterocycles. The molecule has 0 aliphatic carbocycles. The van der Waals surface area contributed by atoms with Crippen LogP contribution in [-0.2, 0) is 11.3 Å². The Kier molecular flexibility index (Phi) is 7.35. The van der Waals surface area contributed by atoms with Crippen LogP contribution in [0.15, 0.2) is 46.9 Å². The van der Waals surface area contributed by atoms with Crippen LogP contribution < -0.4 is 15.5 Å². The van der Waals surface area contributed by atoms with E-state index in [9.17, 15) is 9.59 Å². The summed E-state index contributed by atoms with van der Waals surface area (Å²) in [4.78, 5) is 25.7. The van der Waals surface area contributed by atoms with Gasteiger partial charge in [-0.25, -0.2) is 0 Å². The van der Waals surface area contributed by atoms with Crippen molar-refractivity contribution in [3.8, 4) is 5.75 Å². The number of thiocarbonyl (C=S) groups is 1. The highest BCUT2D eigenvalue weighted by atomic mass is 32.1. The van der Waals surface area contributed by atoms with Crippen molar-refractivity contribution in [2.45, 2.75) is 6.54 Å². The first-order chi connectivity index (χ1) is 14.9. The van der Waals surface area contributed by atoms with E-state index >= 15 is 0 Å². The predicted octanol–water partition coefficient (Wildman–Crippen LogP) is 2.42. The Morgan fingerprint density at radius 1 is 1.26 bits per heavy atom. The Morgan fingerprint density at radius 3 is 2.74 bits per heavy atom. The minimum absolute atomic E-state index is 0.0181. The number of furan rings is 1. The van der Waals surface area contributed by atoms with Crippen LogP contribution in [0, 0.1) is 0 Å². The first kappa shape index (κ1) is 22.4. The molecule has 0 unspecified atom stereocenters. The standard InChI is InChI=1S/C22H22N3O5S/c1-25(2)12-18-16-5-3-4-6-19(16)30-20(18)21(27)23-9-10-29-15-8-7-14(13-26)17(11-15)22(31)24-28/h3-8,11,28H,9-10,12H2,1-2H3,(H,23,27)(H,24,31). The molecule has 8 nitrogen and oxygen atoms in total. The third kappa shape index (κ3) is 5.26. The van der Waals surface area contributed by atoms with Gasteiger partial charge < -0.3 is 19.4 Å². The highest BCUT2D eigenvalue weighted by Crippen LogP contribution is 2.26. The molecule has 2 aromatic carbocycles. The van der Waals surface area contributed by atoms with E-state index < -0.39 is 0 Å². The first-order valence-corrected chi connectivity index (χ1v) is 9.88. The van der Waals surface area contributed by atoms with E-state index in [4.69, 9.17) is 26.6 Å². The summed E-state index contributed by atoms with van der Waals surface area (Å²) < 4.78 is 11.4. The minimum atomic E-state index is -0.325. The number of nitrogens with one attached hydrogen (secondary N) is 2. The normalized spacial score (nSPS) is 10.8. The maximum absolute atomic E-state index is 12.7. The van der Waals surface area contributed by atoms with Crippen LogP contribution >= 0.6 is 12.2 Å². The molecule has 1 amide bonds. The maximum atomic E-state index is 12.7. The molecule has 9 heteroatoms.